The highest BCUT2D eigenvalue weighted by Gasteiger charge is 2.09. The molecule has 3 nitrogen and oxygen atoms in total. The van der Waals surface area contributed by atoms with Crippen LogP contribution in [0.2, 0.25) is 0 Å². The molecule has 0 aliphatic carbocycles. The lowest BCUT2D eigenvalue weighted by molar-refractivity contribution is 0.225. The van der Waals surface area contributed by atoms with Crippen molar-refractivity contribution in [2.24, 2.45) is 0 Å². The van der Waals surface area contributed by atoms with Gasteiger partial charge in [-0.25, -0.2) is 9.18 Å². The first-order valence-corrected chi connectivity index (χ1v) is 5.60. The topological polar surface area (TPSA) is 32.3 Å². The number of rotatable bonds is 3. The smallest absolute Gasteiger partial charge is 0.321 e. The standard InChI is InChI=1S/C10H12BrFN2O/c1-14(7-6-11)10(15)13-9-5-3-2-4-8(9)12/h2-5H,6-7H2,1H3,(H,13,15). The fourth-order valence-corrected chi connectivity index (χ4v) is 1.53. The predicted octanol–water partition coefficient (Wildman–Crippen LogP) is 2.68. The Morgan fingerprint density at radius 1 is 1.53 bits per heavy atom. The van der Waals surface area contributed by atoms with Crippen molar-refractivity contribution >= 4 is 27.6 Å². The Bertz CT molecular complexity index is 346. The third-order valence-electron chi connectivity index (χ3n) is 1.88. The van der Waals surface area contributed by atoms with Gasteiger partial charge in [0, 0.05) is 18.9 Å². The molecule has 0 bridgehead atoms. The van der Waals surface area contributed by atoms with E-state index < -0.39 is 5.82 Å². The van der Waals surface area contributed by atoms with E-state index in [2.05, 4.69) is 21.2 Å². The number of nitrogens with zero attached hydrogens (tertiary/aromatic N) is 1. The molecule has 5 heteroatoms. The van der Waals surface area contributed by atoms with Gasteiger partial charge >= 0.3 is 6.03 Å². The average molecular weight is 275 g/mol. The van der Waals surface area contributed by atoms with E-state index in [-0.39, 0.29) is 11.7 Å². The zero-order valence-corrected chi connectivity index (χ0v) is 9.92. The first kappa shape index (κ1) is 12.0. The molecule has 0 radical (unpaired) electrons. The van der Waals surface area contributed by atoms with Crippen LogP contribution in [0.5, 0.6) is 0 Å². The highest BCUT2D eigenvalue weighted by molar-refractivity contribution is 9.09. The van der Waals surface area contributed by atoms with Crippen LogP contribution in [0.4, 0.5) is 14.9 Å². The second-order valence-electron chi connectivity index (χ2n) is 3.02. The summed E-state index contributed by atoms with van der Waals surface area (Å²) in [4.78, 5) is 13.0. The van der Waals surface area contributed by atoms with E-state index in [1.54, 1.807) is 19.2 Å². The van der Waals surface area contributed by atoms with Gasteiger partial charge in [-0.05, 0) is 12.1 Å². The summed E-state index contributed by atoms with van der Waals surface area (Å²) in [7, 11) is 1.65. The molecule has 0 aromatic heterocycles. The molecule has 0 saturated carbocycles. The lowest BCUT2D eigenvalue weighted by atomic mass is 10.3. The molecule has 0 atom stereocenters. The summed E-state index contributed by atoms with van der Waals surface area (Å²) in [6, 6.07) is 5.76. The highest BCUT2D eigenvalue weighted by Crippen LogP contribution is 2.12. The number of hydrogen-bond donors (Lipinski definition) is 1. The Kier molecular flexibility index (Phi) is 4.55. The fraction of sp³-hybridized carbons (Fsp3) is 0.300. The molecule has 0 spiro atoms. The maximum atomic E-state index is 13.2. The van der Waals surface area contributed by atoms with Crippen molar-refractivity contribution in [3.8, 4) is 0 Å². The Morgan fingerprint density at radius 2 is 2.20 bits per heavy atom. The Labute approximate surface area is 96.4 Å². The average Bonchev–Trinajstić information content (AvgIpc) is 2.21. The first-order chi connectivity index (χ1) is 7.15. The van der Waals surface area contributed by atoms with Crippen LogP contribution in [0.25, 0.3) is 0 Å². The van der Waals surface area contributed by atoms with Gasteiger partial charge in [0.15, 0.2) is 0 Å². The van der Waals surface area contributed by atoms with E-state index in [1.807, 2.05) is 0 Å². The maximum absolute atomic E-state index is 13.2. The molecule has 1 aromatic carbocycles. The number of nitrogens with one attached hydrogen (secondary N) is 1. The van der Waals surface area contributed by atoms with Crippen LogP contribution in [0.3, 0.4) is 0 Å². The van der Waals surface area contributed by atoms with Gasteiger partial charge in [0.2, 0.25) is 0 Å². The third kappa shape index (κ3) is 3.51. The molecule has 0 saturated heterocycles. The van der Waals surface area contributed by atoms with E-state index in [0.29, 0.717) is 11.9 Å². The van der Waals surface area contributed by atoms with E-state index in [0.717, 1.165) is 0 Å². The van der Waals surface area contributed by atoms with E-state index in [9.17, 15) is 9.18 Å². The van der Waals surface area contributed by atoms with Gasteiger partial charge < -0.3 is 10.2 Å². The third-order valence-corrected chi connectivity index (χ3v) is 2.24. The lowest BCUT2D eigenvalue weighted by Crippen LogP contribution is -2.32. The second kappa shape index (κ2) is 5.70. The minimum absolute atomic E-state index is 0.198. The van der Waals surface area contributed by atoms with Gasteiger partial charge in [0.1, 0.15) is 5.82 Å². The van der Waals surface area contributed by atoms with E-state index in [1.165, 1.54) is 17.0 Å². The zero-order valence-electron chi connectivity index (χ0n) is 8.34. The molecule has 82 valence electrons. The molecule has 1 N–H and O–H groups in total. The van der Waals surface area contributed by atoms with Crippen LogP contribution < -0.4 is 5.32 Å². The molecular formula is C10H12BrFN2O. The van der Waals surface area contributed by atoms with Crippen LogP contribution in [0.15, 0.2) is 24.3 Å². The van der Waals surface area contributed by atoms with Crippen molar-refractivity contribution < 1.29 is 9.18 Å². The number of para-hydroxylation sites is 1. The second-order valence-corrected chi connectivity index (χ2v) is 3.81. The number of alkyl halides is 1. The maximum Gasteiger partial charge on any atom is 0.321 e. The van der Waals surface area contributed by atoms with Gasteiger partial charge in [0.25, 0.3) is 0 Å². The number of hydrogen-bond acceptors (Lipinski definition) is 1. The molecule has 0 fully saturated rings. The van der Waals surface area contributed by atoms with Crippen molar-refractivity contribution in [2.75, 3.05) is 24.2 Å². The normalized spacial score (nSPS) is 9.80. The summed E-state index contributed by atoms with van der Waals surface area (Å²) in [5, 5.41) is 3.17. The number of benzene rings is 1. The number of carbonyl (C=O) groups excluding carboxylic acids is 1. The van der Waals surface area contributed by atoms with Crippen molar-refractivity contribution in [1.29, 1.82) is 0 Å². The van der Waals surface area contributed by atoms with Crippen molar-refractivity contribution in [3.63, 3.8) is 0 Å². The Morgan fingerprint density at radius 3 is 2.80 bits per heavy atom. The number of halogens is 2. The summed E-state index contributed by atoms with van der Waals surface area (Å²) in [6.07, 6.45) is 0. The summed E-state index contributed by atoms with van der Waals surface area (Å²) in [5.41, 5.74) is 0.198. The molecular weight excluding hydrogens is 263 g/mol. The molecule has 0 aliphatic heterocycles. The van der Waals surface area contributed by atoms with Gasteiger partial charge in [-0.1, -0.05) is 28.1 Å². The largest absolute Gasteiger partial charge is 0.327 e. The van der Waals surface area contributed by atoms with Gasteiger partial charge in [-0.15, -0.1) is 0 Å². The van der Waals surface area contributed by atoms with Gasteiger partial charge in [-0.3, -0.25) is 0 Å². The summed E-state index contributed by atoms with van der Waals surface area (Å²) in [5.74, 6) is -0.432. The lowest BCUT2D eigenvalue weighted by Gasteiger charge is -2.16. The molecule has 1 aromatic rings. The van der Waals surface area contributed by atoms with Crippen molar-refractivity contribution in [2.45, 2.75) is 0 Å². The summed E-state index contributed by atoms with van der Waals surface area (Å²) < 4.78 is 13.2. The highest BCUT2D eigenvalue weighted by atomic mass is 79.9. The molecule has 2 amide bonds. The van der Waals surface area contributed by atoms with Crippen molar-refractivity contribution in [3.05, 3.63) is 30.1 Å². The predicted molar refractivity (Wildman–Crippen MR) is 61.8 cm³/mol. The number of urea groups is 1. The molecule has 15 heavy (non-hydrogen) atoms. The Hall–Kier alpha value is -1.10. The van der Waals surface area contributed by atoms with Crippen LogP contribution in [0, 0.1) is 5.82 Å². The SMILES string of the molecule is CN(CCBr)C(=O)Nc1ccccc1F. The van der Waals surface area contributed by atoms with Crippen LogP contribution >= 0.6 is 15.9 Å². The Balaban J connectivity index is 2.62. The summed E-state index contributed by atoms with van der Waals surface area (Å²) >= 11 is 3.22. The van der Waals surface area contributed by atoms with Gasteiger partial charge in [-0.2, -0.15) is 0 Å². The molecule has 1 rings (SSSR count). The van der Waals surface area contributed by atoms with Crippen molar-refractivity contribution in [1.82, 2.24) is 4.90 Å². The minimum Gasteiger partial charge on any atom is -0.327 e. The van der Waals surface area contributed by atoms with Crippen LogP contribution in [0.1, 0.15) is 0 Å². The molecule has 0 aliphatic rings. The van der Waals surface area contributed by atoms with E-state index >= 15 is 0 Å². The van der Waals surface area contributed by atoms with E-state index in [4.69, 9.17) is 0 Å². The monoisotopic (exact) mass is 274 g/mol. The number of amides is 2. The summed E-state index contributed by atoms with van der Waals surface area (Å²) in [6.45, 7) is 0.570. The van der Waals surface area contributed by atoms with Gasteiger partial charge in [0.05, 0.1) is 5.69 Å². The molecule has 0 unspecified atom stereocenters. The number of anilines is 1. The number of carbonyl (C=O) groups is 1. The molecule has 0 heterocycles. The van der Waals surface area contributed by atoms with Crippen LogP contribution in [-0.4, -0.2) is 29.9 Å². The first-order valence-electron chi connectivity index (χ1n) is 4.47. The quantitative estimate of drug-likeness (QED) is 0.845. The fourth-order valence-electron chi connectivity index (χ4n) is 1.00. The zero-order chi connectivity index (χ0) is 11.3. The van der Waals surface area contributed by atoms with Crippen LogP contribution in [-0.2, 0) is 0 Å². The minimum atomic E-state index is -0.432.